The monoisotopic (exact) mass is 257 g/mol. The first-order chi connectivity index (χ1) is 9.24. The molecule has 100 valence electrons. The van der Waals surface area contributed by atoms with E-state index >= 15 is 0 Å². The average Bonchev–Trinajstić information content (AvgIpc) is 3.10. The summed E-state index contributed by atoms with van der Waals surface area (Å²) in [6.45, 7) is 0.649. The molecule has 3 heteroatoms. The largest absolute Gasteiger partial charge is 0.275 e. The minimum Gasteiger partial charge on any atom is -0.275 e. The molecule has 19 heavy (non-hydrogen) atoms. The smallest absolute Gasteiger partial charge is 0.257 e. The number of carbonyl (C=O) groups excluding carboxylic acids is 2. The third-order valence-corrected chi connectivity index (χ3v) is 5.31. The summed E-state index contributed by atoms with van der Waals surface area (Å²) in [5, 5.41) is 0. The number of amides is 2. The Morgan fingerprint density at radius 3 is 2.21 bits per heavy atom. The second-order valence-electron chi connectivity index (χ2n) is 6.43. The molecule has 0 radical (unpaired) electrons. The number of allylic oxidation sites excluding steroid dienone is 2. The van der Waals surface area contributed by atoms with E-state index in [1.165, 1.54) is 6.42 Å². The molecule has 4 aliphatic rings. The van der Waals surface area contributed by atoms with Crippen LogP contribution in [0.1, 0.15) is 38.5 Å². The van der Waals surface area contributed by atoms with E-state index in [1.807, 2.05) is 0 Å². The van der Waals surface area contributed by atoms with E-state index < -0.39 is 0 Å². The van der Waals surface area contributed by atoms with Crippen LogP contribution in [0.15, 0.2) is 23.3 Å². The van der Waals surface area contributed by atoms with Crippen LogP contribution in [0.2, 0.25) is 0 Å². The Labute approximate surface area is 113 Å². The zero-order chi connectivity index (χ0) is 13.0. The lowest BCUT2D eigenvalue weighted by molar-refractivity contribution is -0.138. The van der Waals surface area contributed by atoms with Crippen LogP contribution in [0, 0.1) is 17.8 Å². The van der Waals surface area contributed by atoms with Crippen molar-refractivity contribution in [2.75, 3.05) is 6.54 Å². The fraction of sp³-hybridized carbons (Fsp3) is 0.625. The summed E-state index contributed by atoms with van der Waals surface area (Å²) >= 11 is 0. The van der Waals surface area contributed by atoms with Crippen LogP contribution in [0.25, 0.3) is 0 Å². The van der Waals surface area contributed by atoms with E-state index in [2.05, 4.69) is 12.2 Å². The zero-order valence-electron chi connectivity index (χ0n) is 11.1. The van der Waals surface area contributed by atoms with E-state index in [1.54, 1.807) is 4.90 Å². The van der Waals surface area contributed by atoms with Crippen LogP contribution >= 0.6 is 0 Å². The Morgan fingerprint density at radius 2 is 1.68 bits per heavy atom. The summed E-state index contributed by atoms with van der Waals surface area (Å²) in [5.74, 6) is 1.84. The van der Waals surface area contributed by atoms with Gasteiger partial charge in [0.1, 0.15) is 0 Å². The Hall–Kier alpha value is -1.38. The summed E-state index contributed by atoms with van der Waals surface area (Å²) in [5.41, 5.74) is 1.66. The quantitative estimate of drug-likeness (QED) is 0.563. The molecule has 1 fully saturated rings. The predicted octanol–water partition coefficient (Wildman–Crippen LogP) is 2.44. The molecular weight excluding hydrogens is 238 g/mol. The molecule has 2 amide bonds. The number of fused-ring (bicyclic) bond motifs is 2. The van der Waals surface area contributed by atoms with Crippen molar-refractivity contribution in [1.29, 1.82) is 0 Å². The van der Waals surface area contributed by atoms with Crippen molar-refractivity contribution in [3.05, 3.63) is 23.3 Å². The second kappa shape index (κ2) is 4.06. The van der Waals surface area contributed by atoms with Gasteiger partial charge in [0.15, 0.2) is 0 Å². The van der Waals surface area contributed by atoms with Crippen LogP contribution in [-0.2, 0) is 9.59 Å². The van der Waals surface area contributed by atoms with Gasteiger partial charge in [0.2, 0.25) is 0 Å². The van der Waals surface area contributed by atoms with Crippen molar-refractivity contribution < 1.29 is 9.59 Å². The van der Waals surface area contributed by atoms with Gasteiger partial charge in [0.05, 0.1) is 0 Å². The van der Waals surface area contributed by atoms with Gasteiger partial charge in [-0.2, -0.15) is 0 Å². The van der Waals surface area contributed by atoms with Gasteiger partial charge in [0.25, 0.3) is 11.8 Å². The van der Waals surface area contributed by atoms with Crippen molar-refractivity contribution in [2.24, 2.45) is 17.8 Å². The first-order valence-electron chi connectivity index (χ1n) is 7.50. The first-order valence-corrected chi connectivity index (χ1v) is 7.50. The molecule has 1 heterocycles. The molecule has 2 bridgehead atoms. The van der Waals surface area contributed by atoms with Crippen molar-refractivity contribution in [3.63, 3.8) is 0 Å². The molecule has 0 aromatic carbocycles. The minimum absolute atomic E-state index is 0.0199. The van der Waals surface area contributed by atoms with Crippen molar-refractivity contribution in [1.82, 2.24) is 4.90 Å². The molecule has 0 N–H and O–H groups in total. The van der Waals surface area contributed by atoms with E-state index in [0.717, 1.165) is 43.3 Å². The summed E-state index contributed by atoms with van der Waals surface area (Å²) < 4.78 is 0. The maximum atomic E-state index is 12.4. The van der Waals surface area contributed by atoms with E-state index in [-0.39, 0.29) is 11.8 Å². The van der Waals surface area contributed by atoms with E-state index in [9.17, 15) is 9.59 Å². The van der Waals surface area contributed by atoms with Gasteiger partial charge in [-0.3, -0.25) is 14.5 Å². The summed E-state index contributed by atoms with van der Waals surface area (Å²) in [7, 11) is 0. The Morgan fingerprint density at radius 1 is 1.00 bits per heavy atom. The van der Waals surface area contributed by atoms with Crippen LogP contribution < -0.4 is 0 Å². The molecule has 3 nitrogen and oxygen atoms in total. The SMILES string of the molecule is O=C1C2=C(CCCC2)C(=O)N1CC1CC2C=CC1C2. The number of imide groups is 1. The normalized spacial score (nSPS) is 36.6. The average molecular weight is 257 g/mol. The lowest BCUT2D eigenvalue weighted by Crippen LogP contribution is -2.37. The Kier molecular flexibility index (Phi) is 2.44. The molecule has 4 rings (SSSR count). The lowest BCUT2D eigenvalue weighted by Gasteiger charge is -2.24. The van der Waals surface area contributed by atoms with E-state index in [4.69, 9.17) is 0 Å². The molecule has 3 aliphatic carbocycles. The van der Waals surface area contributed by atoms with Crippen LogP contribution in [0.3, 0.4) is 0 Å². The second-order valence-corrected chi connectivity index (χ2v) is 6.43. The standard InChI is InChI=1S/C16H19NO2/c18-15-13-3-1-2-4-14(13)16(19)17(15)9-12-8-10-5-6-11(12)7-10/h5-6,10-12H,1-4,7-9H2. The molecule has 0 saturated heterocycles. The zero-order valence-corrected chi connectivity index (χ0v) is 11.1. The first kappa shape index (κ1) is 11.4. The fourth-order valence-electron chi connectivity index (χ4n) is 4.30. The summed E-state index contributed by atoms with van der Waals surface area (Å²) in [6, 6.07) is 0. The number of hydrogen-bond acceptors (Lipinski definition) is 2. The highest BCUT2D eigenvalue weighted by Crippen LogP contribution is 2.44. The number of hydrogen-bond donors (Lipinski definition) is 0. The van der Waals surface area contributed by atoms with Gasteiger partial charge in [-0.05, 0) is 56.3 Å². The molecule has 1 aliphatic heterocycles. The molecule has 3 unspecified atom stereocenters. The van der Waals surface area contributed by atoms with Crippen LogP contribution in [0.4, 0.5) is 0 Å². The Balaban J connectivity index is 1.53. The van der Waals surface area contributed by atoms with E-state index in [0.29, 0.717) is 24.3 Å². The van der Waals surface area contributed by atoms with Gasteiger partial charge < -0.3 is 0 Å². The minimum atomic E-state index is 0.0199. The third kappa shape index (κ3) is 1.63. The number of nitrogens with zero attached hydrogens (tertiary/aromatic N) is 1. The highest BCUT2D eigenvalue weighted by molar-refractivity contribution is 6.19. The highest BCUT2D eigenvalue weighted by Gasteiger charge is 2.43. The van der Waals surface area contributed by atoms with Gasteiger partial charge >= 0.3 is 0 Å². The van der Waals surface area contributed by atoms with Crippen LogP contribution in [0.5, 0.6) is 0 Å². The molecule has 3 atom stereocenters. The predicted molar refractivity (Wildman–Crippen MR) is 71.1 cm³/mol. The molecule has 0 spiro atoms. The van der Waals surface area contributed by atoms with Crippen molar-refractivity contribution in [2.45, 2.75) is 38.5 Å². The topological polar surface area (TPSA) is 37.4 Å². The summed E-state index contributed by atoms with van der Waals surface area (Å²) in [4.78, 5) is 26.3. The van der Waals surface area contributed by atoms with Gasteiger partial charge in [-0.15, -0.1) is 0 Å². The number of carbonyl (C=O) groups is 2. The maximum Gasteiger partial charge on any atom is 0.257 e. The summed E-state index contributed by atoms with van der Waals surface area (Å²) in [6.07, 6.45) is 10.7. The van der Waals surface area contributed by atoms with Gasteiger partial charge in [0, 0.05) is 17.7 Å². The highest BCUT2D eigenvalue weighted by atomic mass is 16.2. The number of rotatable bonds is 2. The fourth-order valence-corrected chi connectivity index (χ4v) is 4.30. The Bertz CT molecular complexity index is 489. The van der Waals surface area contributed by atoms with Crippen LogP contribution in [-0.4, -0.2) is 23.3 Å². The lowest BCUT2D eigenvalue weighted by atomic mass is 9.93. The molecule has 0 aromatic heterocycles. The molecular formula is C16H19NO2. The molecule has 0 aromatic rings. The van der Waals surface area contributed by atoms with Gasteiger partial charge in [-0.25, -0.2) is 0 Å². The van der Waals surface area contributed by atoms with Crippen molar-refractivity contribution >= 4 is 11.8 Å². The third-order valence-electron chi connectivity index (χ3n) is 5.31. The molecule has 1 saturated carbocycles. The van der Waals surface area contributed by atoms with Crippen molar-refractivity contribution in [3.8, 4) is 0 Å². The maximum absolute atomic E-state index is 12.4. The van der Waals surface area contributed by atoms with Gasteiger partial charge in [-0.1, -0.05) is 12.2 Å².